The second kappa shape index (κ2) is 6.74. The molecule has 0 radical (unpaired) electrons. The van der Waals surface area contributed by atoms with Crippen LogP contribution >= 0.6 is 0 Å². The van der Waals surface area contributed by atoms with Crippen molar-refractivity contribution in [2.75, 3.05) is 14.2 Å². The van der Waals surface area contributed by atoms with E-state index in [1.54, 1.807) is 14.2 Å². The molecule has 2 aromatic rings. The Morgan fingerprint density at radius 1 is 1.05 bits per heavy atom. The Morgan fingerprint density at radius 2 is 1.81 bits per heavy atom. The Kier molecular flexibility index (Phi) is 4.99. The molecule has 0 heterocycles. The van der Waals surface area contributed by atoms with Gasteiger partial charge in [-0.3, -0.25) is 0 Å². The molecule has 0 aliphatic carbocycles. The van der Waals surface area contributed by atoms with Crippen molar-refractivity contribution >= 4 is 0 Å². The summed E-state index contributed by atoms with van der Waals surface area (Å²) in [4.78, 5) is 0. The lowest BCUT2D eigenvalue weighted by atomic mass is 9.94. The number of rotatable bonds is 5. The fourth-order valence-electron chi connectivity index (χ4n) is 2.53. The van der Waals surface area contributed by atoms with Gasteiger partial charge in [0.15, 0.2) is 0 Å². The quantitative estimate of drug-likeness (QED) is 0.913. The van der Waals surface area contributed by atoms with Crippen LogP contribution in [0.5, 0.6) is 5.75 Å². The van der Waals surface area contributed by atoms with Crippen LogP contribution in [-0.4, -0.2) is 19.3 Å². The van der Waals surface area contributed by atoms with Crippen LogP contribution in [0.1, 0.15) is 33.9 Å². The summed E-state index contributed by atoms with van der Waals surface area (Å²) in [7, 11) is 3.33. The highest BCUT2D eigenvalue weighted by molar-refractivity contribution is 5.45. The number of hydrogen-bond donors (Lipinski definition) is 1. The number of ether oxygens (including phenoxy) is 2. The molecule has 0 aliphatic heterocycles. The first kappa shape index (κ1) is 15.5. The van der Waals surface area contributed by atoms with Gasteiger partial charge in [-0.15, -0.1) is 0 Å². The standard InChI is InChI=1S/C18H22O3/c1-12-9-17(21-4)13(2)8-16(12)18(19)15-7-5-6-14(10-15)11-20-3/h5-10,18-19H,11H2,1-4H3. The number of hydrogen-bond acceptors (Lipinski definition) is 3. The van der Waals surface area contributed by atoms with Crippen LogP contribution in [0.25, 0.3) is 0 Å². The Labute approximate surface area is 126 Å². The number of aliphatic hydroxyl groups is 1. The van der Waals surface area contributed by atoms with Gasteiger partial charge in [-0.25, -0.2) is 0 Å². The SMILES string of the molecule is COCc1cccc(C(O)c2cc(C)c(OC)cc2C)c1. The van der Waals surface area contributed by atoms with Gasteiger partial charge >= 0.3 is 0 Å². The molecule has 112 valence electrons. The number of benzene rings is 2. The van der Waals surface area contributed by atoms with E-state index in [1.807, 2.05) is 50.2 Å². The molecule has 0 saturated carbocycles. The molecule has 21 heavy (non-hydrogen) atoms. The average molecular weight is 286 g/mol. The smallest absolute Gasteiger partial charge is 0.122 e. The zero-order valence-corrected chi connectivity index (χ0v) is 13.0. The van der Waals surface area contributed by atoms with E-state index in [9.17, 15) is 5.11 Å². The Balaban J connectivity index is 2.37. The number of aryl methyl sites for hydroxylation is 2. The molecular formula is C18H22O3. The Hall–Kier alpha value is -1.84. The highest BCUT2D eigenvalue weighted by atomic mass is 16.5. The minimum atomic E-state index is -0.647. The summed E-state index contributed by atoms with van der Waals surface area (Å²) in [6.45, 7) is 4.51. The molecule has 0 fully saturated rings. The van der Waals surface area contributed by atoms with Crippen molar-refractivity contribution in [1.29, 1.82) is 0 Å². The lowest BCUT2D eigenvalue weighted by Crippen LogP contribution is -2.04. The molecule has 3 nitrogen and oxygen atoms in total. The second-order valence-electron chi connectivity index (χ2n) is 5.26. The lowest BCUT2D eigenvalue weighted by molar-refractivity contribution is 0.184. The summed E-state index contributed by atoms with van der Waals surface area (Å²) in [5.41, 5.74) is 4.87. The minimum absolute atomic E-state index is 0.543. The second-order valence-corrected chi connectivity index (χ2v) is 5.26. The van der Waals surface area contributed by atoms with Crippen molar-refractivity contribution in [1.82, 2.24) is 0 Å². The van der Waals surface area contributed by atoms with E-state index < -0.39 is 6.10 Å². The highest BCUT2D eigenvalue weighted by Crippen LogP contribution is 2.30. The first-order valence-electron chi connectivity index (χ1n) is 6.97. The van der Waals surface area contributed by atoms with E-state index in [2.05, 4.69) is 0 Å². The predicted molar refractivity (Wildman–Crippen MR) is 83.7 cm³/mol. The third-order valence-corrected chi connectivity index (χ3v) is 3.66. The molecule has 2 rings (SSSR count). The van der Waals surface area contributed by atoms with Crippen molar-refractivity contribution < 1.29 is 14.6 Å². The van der Waals surface area contributed by atoms with E-state index in [0.29, 0.717) is 6.61 Å². The van der Waals surface area contributed by atoms with Crippen molar-refractivity contribution in [3.8, 4) is 5.75 Å². The van der Waals surface area contributed by atoms with Crippen LogP contribution in [0.4, 0.5) is 0 Å². The van der Waals surface area contributed by atoms with Crippen molar-refractivity contribution in [3.63, 3.8) is 0 Å². The van der Waals surface area contributed by atoms with E-state index >= 15 is 0 Å². The fourth-order valence-corrected chi connectivity index (χ4v) is 2.53. The maximum Gasteiger partial charge on any atom is 0.122 e. The molecular weight excluding hydrogens is 264 g/mol. The first-order valence-corrected chi connectivity index (χ1v) is 6.97. The summed E-state index contributed by atoms with van der Waals surface area (Å²) < 4.78 is 10.5. The molecule has 0 aromatic heterocycles. The van der Waals surface area contributed by atoms with Crippen LogP contribution in [0.2, 0.25) is 0 Å². The Bertz CT molecular complexity index is 620. The Morgan fingerprint density at radius 3 is 2.48 bits per heavy atom. The van der Waals surface area contributed by atoms with Gasteiger partial charge in [0.2, 0.25) is 0 Å². The van der Waals surface area contributed by atoms with Crippen molar-refractivity contribution in [2.24, 2.45) is 0 Å². The van der Waals surface area contributed by atoms with Crippen LogP contribution < -0.4 is 4.74 Å². The monoisotopic (exact) mass is 286 g/mol. The zero-order chi connectivity index (χ0) is 15.4. The molecule has 0 spiro atoms. The van der Waals surface area contributed by atoms with Gasteiger partial charge in [0.1, 0.15) is 11.9 Å². The third kappa shape index (κ3) is 3.43. The number of methoxy groups -OCH3 is 2. The normalized spacial score (nSPS) is 12.2. The van der Waals surface area contributed by atoms with Gasteiger partial charge < -0.3 is 14.6 Å². The van der Waals surface area contributed by atoms with E-state index in [1.165, 1.54) is 0 Å². The van der Waals surface area contributed by atoms with Crippen molar-refractivity contribution in [2.45, 2.75) is 26.6 Å². The van der Waals surface area contributed by atoms with Crippen molar-refractivity contribution in [3.05, 3.63) is 64.2 Å². The minimum Gasteiger partial charge on any atom is -0.496 e. The van der Waals surface area contributed by atoms with E-state index in [-0.39, 0.29) is 0 Å². The van der Waals surface area contributed by atoms with Crippen LogP contribution in [0.15, 0.2) is 36.4 Å². The molecule has 1 N–H and O–H groups in total. The molecule has 1 unspecified atom stereocenters. The summed E-state index contributed by atoms with van der Waals surface area (Å²) in [6, 6.07) is 11.8. The molecule has 0 bridgehead atoms. The van der Waals surface area contributed by atoms with Gasteiger partial charge in [-0.1, -0.05) is 24.3 Å². The maximum absolute atomic E-state index is 10.7. The van der Waals surface area contributed by atoms with Crippen LogP contribution in [0.3, 0.4) is 0 Å². The molecule has 2 aromatic carbocycles. The summed E-state index contributed by atoms with van der Waals surface area (Å²) in [6.07, 6.45) is -0.647. The highest BCUT2D eigenvalue weighted by Gasteiger charge is 2.15. The lowest BCUT2D eigenvalue weighted by Gasteiger charge is -2.17. The molecule has 0 saturated heterocycles. The summed E-state index contributed by atoms with van der Waals surface area (Å²) in [5, 5.41) is 10.7. The fraction of sp³-hybridized carbons (Fsp3) is 0.333. The molecule has 3 heteroatoms. The predicted octanol–water partition coefficient (Wildman–Crippen LogP) is 3.54. The zero-order valence-electron chi connectivity index (χ0n) is 13.0. The average Bonchev–Trinajstić information content (AvgIpc) is 2.49. The molecule has 0 aliphatic rings. The van der Waals surface area contributed by atoms with E-state index in [4.69, 9.17) is 9.47 Å². The van der Waals surface area contributed by atoms with Gasteiger partial charge in [0.05, 0.1) is 13.7 Å². The molecule has 1 atom stereocenters. The van der Waals surface area contributed by atoms with Gasteiger partial charge in [0, 0.05) is 7.11 Å². The van der Waals surface area contributed by atoms with Gasteiger partial charge in [0.25, 0.3) is 0 Å². The number of aliphatic hydroxyl groups excluding tert-OH is 1. The largest absolute Gasteiger partial charge is 0.496 e. The van der Waals surface area contributed by atoms with E-state index in [0.717, 1.165) is 33.6 Å². The maximum atomic E-state index is 10.7. The first-order chi connectivity index (χ1) is 10.1. The van der Waals surface area contributed by atoms with Crippen LogP contribution in [0, 0.1) is 13.8 Å². The van der Waals surface area contributed by atoms with Gasteiger partial charge in [-0.05, 0) is 53.8 Å². The van der Waals surface area contributed by atoms with Gasteiger partial charge in [-0.2, -0.15) is 0 Å². The third-order valence-electron chi connectivity index (χ3n) is 3.66. The summed E-state index contributed by atoms with van der Waals surface area (Å²) in [5.74, 6) is 0.844. The van der Waals surface area contributed by atoms with Crippen LogP contribution in [-0.2, 0) is 11.3 Å². The summed E-state index contributed by atoms with van der Waals surface area (Å²) >= 11 is 0. The molecule has 0 amide bonds. The topological polar surface area (TPSA) is 38.7 Å².